The zero-order valence-electron chi connectivity index (χ0n) is 9.21. The van der Waals surface area contributed by atoms with Gasteiger partial charge in [-0.2, -0.15) is 5.10 Å². The van der Waals surface area contributed by atoms with Crippen molar-refractivity contribution >= 4 is 22.5 Å². The van der Waals surface area contributed by atoms with Gasteiger partial charge in [-0.3, -0.25) is 5.10 Å². The van der Waals surface area contributed by atoms with E-state index in [4.69, 9.17) is 11.6 Å². The van der Waals surface area contributed by atoms with Crippen molar-refractivity contribution in [2.45, 2.75) is 26.7 Å². The molecule has 80 valence electrons. The molecule has 1 heterocycles. The molecule has 1 unspecified atom stereocenters. The van der Waals surface area contributed by atoms with Crippen molar-refractivity contribution in [3.05, 3.63) is 28.9 Å². The first-order chi connectivity index (χ1) is 7.09. The number of rotatable bonds is 2. The molecule has 0 saturated carbocycles. The minimum Gasteiger partial charge on any atom is -0.281 e. The topological polar surface area (TPSA) is 28.7 Å². The van der Waals surface area contributed by atoms with Crippen molar-refractivity contribution in [3.8, 4) is 0 Å². The van der Waals surface area contributed by atoms with E-state index in [1.54, 1.807) is 0 Å². The molecule has 15 heavy (non-hydrogen) atoms. The molecule has 0 spiro atoms. The summed E-state index contributed by atoms with van der Waals surface area (Å²) in [5, 5.41) is 9.30. The molecule has 2 aromatic rings. The van der Waals surface area contributed by atoms with Crippen LogP contribution >= 0.6 is 11.6 Å². The maximum atomic E-state index is 5.92. The molecule has 1 atom stereocenters. The maximum absolute atomic E-state index is 5.92. The van der Waals surface area contributed by atoms with Gasteiger partial charge in [-0.1, -0.05) is 32.4 Å². The first-order valence-corrected chi connectivity index (χ1v) is 5.61. The van der Waals surface area contributed by atoms with Gasteiger partial charge in [0.2, 0.25) is 0 Å². The molecular formula is C12H15ClN2. The fourth-order valence-corrected chi connectivity index (χ4v) is 1.85. The van der Waals surface area contributed by atoms with Crippen molar-refractivity contribution in [2.75, 3.05) is 0 Å². The average Bonchev–Trinajstić information content (AvgIpc) is 2.59. The summed E-state index contributed by atoms with van der Waals surface area (Å²) in [6.45, 7) is 6.65. The Balaban J connectivity index is 2.54. The van der Waals surface area contributed by atoms with E-state index in [-0.39, 0.29) is 0 Å². The van der Waals surface area contributed by atoms with Crippen molar-refractivity contribution in [2.24, 2.45) is 5.92 Å². The minimum absolute atomic E-state index is 0.483. The van der Waals surface area contributed by atoms with Gasteiger partial charge in [0.25, 0.3) is 0 Å². The van der Waals surface area contributed by atoms with Gasteiger partial charge in [-0.05, 0) is 24.1 Å². The quantitative estimate of drug-likeness (QED) is 0.818. The van der Waals surface area contributed by atoms with Gasteiger partial charge in [0, 0.05) is 22.0 Å². The third kappa shape index (κ3) is 1.86. The van der Waals surface area contributed by atoms with E-state index in [1.165, 1.54) is 11.1 Å². The number of aromatic amines is 1. The number of halogens is 1. The fraction of sp³-hybridized carbons (Fsp3) is 0.417. The van der Waals surface area contributed by atoms with Gasteiger partial charge in [0.15, 0.2) is 0 Å². The van der Waals surface area contributed by atoms with Crippen LogP contribution in [0.25, 0.3) is 10.9 Å². The summed E-state index contributed by atoms with van der Waals surface area (Å²) in [6, 6.07) is 5.84. The fourth-order valence-electron chi connectivity index (χ4n) is 1.69. The molecule has 2 nitrogen and oxygen atoms in total. The Hall–Kier alpha value is -1.02. The highest BCUT2D eigenvalue weighted by molar-refractivity contribution is 6.31. The van der Waals surface area contributed by atoms with Gasteiger partial charge in [0.1, 0.15) is 0 Å². The second-order valence-electron chi connectivity index (χ2n) is 4.33. The van der Waals surface area contributed by atoms with Crippen LogP contribution < -0.4 is 0 Å². The van der Waals surface area contributed by atoms with E-state index in [0.29, 0.717) is 11.8 Å². The Kier molecular flexibility index (Phi) is 2.70. The van der Waals surface area contributed by atoms with E-state index in [0.717, 1.165) is 10.5 Å². The standard InChI is InChI=1S/C12H15ClN2/c1-7(2)8(3)12-10-5-4-9(13)6-11(10)14-15-12/h4-8H,1-3H3,(H,14,15). The smallest absolute Gasteiger partial charge is 0.0938 e. The highest BCUT2D eigenvalue weighted by atomic mass is 35.5. The van der Waals surface area contributed by atoms with Crippen molar-refractivity contribution in [1.29, 1.82) is 0 Å². The van der Waals surface area contributed by atoms with E-state index in [2.05, 4.69) is 31.0 Å². The van der Waals surface area contributed by atoms with Gasteiger partial charge in [-0.15, -0.1) is 0 Å². The monoisotopic (exact) mass is 222 g/mol. The zero-order valence-corrected chi connectivity index (χ0v) is 9.97. The molecule has 0 aliphatic heterocycles. The number of hydrogen-bond acceptors (Lipinski definition) is 1. The average molecular weight is 223 g/mol. The molecule has 0 saturated heterocycles. The van der Waals surface area contributed by atoms with Gasteiger partial charge in [0.05, 0.1) is 5.52 Å². The lowest BCUT2D eigenvalue weighted by atomic mass is 9.93. The summed E-state index contributed by atoms with van der Waals surface area (Å²) in [5.74, 6) is 1.08. The summed E-state index contributed by atoms with van der Waals surface area (Å²) in [4.78, 5) is 0. The molecule has 1 aromatic heterocycles. The first-order valence-electron chi connectivity index (χ1n) is 5.23. The van der Waals surface area contributed by atoms with Gasteiger partial charge >= 0.3 is 0 Å². The van der Waals surface area contributed by atoms with Crippen LogP contribution in [0.3, 0.4) is 0 Å². The number of benzene rings is 1. The van der Waals surface area contributed by atoms with E-state index < -0.39 is 0 Å². The third-order valence-corrected chi connectivity index (χ3v) is 3.24. The molecular weight excluding hydrogens is 208 g/mol. The molecule has 2 rings (SSSR count). The second kappa shape index (κ2) is 3.86. The Morgan fingerprint density at radius 3 is 2.67 bits per heavy atom. The third-order valence-electron chi connectivity index (χ3n) is 3.00. The number of hydrogen-bond donors (Lipinski definition) is 1. The number of nitrogens with one attached hydrogen (secondary N) is 1. The second-order valence-corrected chi connectivity index (χ2v) is 4.77. The largest absolute Gasteiger partial charge is 0.281 e. The van der Waals surface area contributed by atoms with Crippen molar-refractivity contribution in [3.63, 3.8) is 0 Å². The predicted molar refractivity (Wildman–Crippen MR) is 64.4 cm³/mol. The van der Waals surface area contributed by atoms with Crippen LogP contribution in [0, 0.1) is 5.92 Å². The lowest BCUT2D eigenvalue weighted by molar-refractivity contribution is 0.525. The summed E-state index contributed by atoms with van der Waals surface area (Å²) in [5.41, 5.74) is 2.15. The zero-order chi connectivity index (χ0) is 11.0. The number of fused-ring (bicyclic) bond motifs is 1. The van der Waals surface area contributed by atoms with Crippen molar-refractivity contribution in [1.82, 2.24) is 10.2 Å². The van der Waals surface area contributed by atoms with E-state index >= 15 is 0 Å². The lowest BCUT2D eigenvalue weighted by Gasteiger charge is -2.13. The Labute approximate surface area is 94.6 Å². The highest BCUT2D eigenvalue weighted by Crippen LogP contribution is 2.29. The summed E-state index contributed by atoms with van der Waals surface area (Å²) < 4.78 is 0. The minimum atomic E-state index is 0.483. The molecule has 1 N–H and O–H groups in total. The van der Waals surface area contributed by atoms with Crippen molar-refractivity contribution < 1.29 is 0 Å². The molecule has 0 bridgehead atoms. The van der Waals surface area contributed by atoms with Crippen LogP contribution in [-0.2, 0) is 0 Å². The van der Waals surface area contributed by atoms with Crippen LogP contribution in [0.2, 0.25) is 5.02 Å². The van der Waals surface area contributed by atoms with Crippen LogP contribution in [0.1, 0.15) is 32.4 Å². The maximum Gasteiger partial charge on any atom is 0.0938 e. The summed E-state index contributed by atoms with van der Waals surface area (Å²) in [7, 11) is 0. The van der Waals surface area contributed by atoms with Crippen LogP contribution in [0.5, 0.6) is 0 Å². The van der Waals surface area contributed by atoms with Crippen LogP contribution in [-0.4, -0.2) is 10.2 Å². The van der Waals surface area contributed by atoms with Gasteiger partial charge < -0.3 is 0 Å². The van der Waals surface area contributed by atoms with E-state index in [1.807, 2.05) is 18.2 Å². The normalized spacial score (nSPS) is 13.7. The Morgan fingerprint density at radius 2 is 2.00 bits per heavy atom. The Bertz CT molecular complexity index is 473. The number of H-pyrrole nitrogens is 1. The first kappa shape index (κ1) is 10.5. The predicted octanol–water partition coefficient (Wildman–Crippen LogP) is 3.98. The molecule has 0 amide bonds. The highest BCUT2D eigenvalue weighted by Gasteiger charge is 2.15. The molecule has 0 aliphatic carbocycles. The number of nitrogens with zero attached hydrogens (tertiary/aromatic N) is 1. The Morgan fingerprint density at radius 1 is 1.27 bits per heavy atom. The van der Waals surface area contributed by atoms with Crippen LogP contribution in [0.15, 0.2) is 18.2 Å². The number of aromatic nitrogens is 2. The van der Waals surface area contributed by atoms with Crippen LogP contribution in [0.4, 0.5) is 0 Å². The van der Waals surface area contributed by atoms with E-state index in [9.17, 15) is 0 Å². The molecule has 0 fully saturated rings. The lowest BCUT2D eigenvalue weighted by Crippen LogP contribution is -2.02. The van der Waals surface area contributed by atoms with Gasteiger partial charge in [-0.25, -0.2) is 0 Å². The molecule has 0 radical (unpaired) electrons. The molecule has 0 aliphatic rings. The molecule has 3 heteroatoms. The SMILES string of the molecule is CC(C)C(C)c1[nH]nc2cc(Cl)ccc12. The summed E-state index contributed by atoms with van der Waals surface area (Å²) >= 11 is 5.92. The summed E-state index contributed by atoms with van der Waals surface area (Å²) in [6.07, 6.45) is 0. The molecule has 1 aromatic carbocycles.